The van der Waals surface area contributed by atoms with Gasteiger partial charge in [-0.3, -0.25) is 4.79 Å². The molecule has 134 valence electrons. The van der Waals surface area contributed by atoms with Crippen LogP contribution in [0.1, 0.15) is 27.8 Å². The van der Waals surface area contributed by atoms with Gasteiger partial charge in [0.25, 0.3) is 5.91 Å². The van der Waals surface area contributed by atoms with Crippen molar-refractivity contribution in [2.45, 2.75) is 13.0 Å². The molecule has 26 heavy (non-hydrogen) atoms. The molecule has 0 fully saturated rings. The molecule has 1 amide bonds. The fraction of sp³-hybridized carbons (Fsp3) is 0.167. The quantitative estimate of drug-likeness (QED) is 0.719. The number of benzene rings is 2. The Morgan fingerprint density at radius 3 is 2.69 bits per heavy atom. The Balaban J connectivity index is 1.69. The molecule has 8 heteroatoms. The summed E-state index contributed by atoms with van der Waals surface area (Å²) in [6.07, 6.45) is -0.956. The molecule has 3 aromatic rings. The number of carbonyl (C=O) groups is 1. The Hall–Kier alpha value is -2.77. The Morgan fingerprint density at radius 1 is 1.27 bits per heavy atom. The van der Waals surface area contributed by atoms with Crippen molar-refractivity contribution in [1.82, 2.24) is 20.3 Å². The standard InChI is InChI=1S/C18H16ClFN4O2/c1-11-17(23-24(22-11)15-4-2-3-13(19)9-15)18(26)21-10-16(25)12-5-7-14(20)8-6-12/h2-9,16,25H,10H2,1H3,(H,21,26). The zero-order valence-corrected chi connectivity index (χ0v) is 14.6. The highest BCUT2D eigenvalue weighted by Crippen LogP contribution is 2.15. The third-order valence-corrected chi connectivity index (χ3v) is 3.98. The van der Waals surface area contributed by atoms with Crippen LogP contribution in [0.25, 0.3) is 5.69 Å². The Bertz CT molecular complexity index is 927. The van der Waals surface area contributed by atoms with E-state index in [4.69, 9.17) is 11.6 Å². The van der Waals surface area contributed by atoms with E-state index in [1.807, 2.05) is 0 Å². The van der Waals surface area contributed by atoms with Gasteiger partial charge in [-0.05, 0) is 42.8 Å². The smallest absolute Gasteiger partial charge is 0.273 e. The van der Waals surface area contributed by atoms with Crippen LogP contribution in [0.15, 0.2) is 48.5 Å². The molecule has 0 aliphatic heterocycles. The van der Waals surface area contributed by atoms with Crippen LogP contribution in [0, 0.1) is 12.7 Å². The maximum Gasteiger partial charge on any atom is 0.273 e. The lowest BCUT2D eigenvalue weighted by Crippen LogP contribution is -2.29. The Kier molecular flexibility index (Phi) is 5.29. The van der Waals surface area contributed by atoms with Crippen molar-refractivity contribution in [2.24, 2.45) is 0 Å². The number of aliphatic hydroxyl groups excluding tert-OH is 1. The fourth-order valence-electron chi connectivity index (χ4n) is 2.38. The van der Waals surface area contributed by atoms with E-state index in [9.17, 15) is 14.3 Å². The monoisotopic (exact) mass is 374 g/mol. The third kappa shape index (κ3) is 4.07. The Morgan fingerprint density at radius 2 is 2.00 bits per heavy atom. The fourth-order valence-corrected chi connectivity index (χ4v) is 2.57. The molecule has 0 aliphatic rings. The highest BCUT2D eigenvalue weighted by atomic mass is 35.5. The average Bonchev–Trinajstić information content (AvgIpc) is 3.02. The van der Waals surface area contributed by atoms with Gasteiger partial charge in [0.2, 0.25) is 0 Å². The van der Waals surface area contributed by atoms with Crippen molar-refractivity contribution < 1.29 is 14.3 Å². The summed E-state index contributed by atoms with van der Waals surface area (Å²) in [5.41, 5.74) is 1.73. The second-order valence-electron chi connectivity index (χ2n) is 5.68. The van der Waals surface area contributed by atoms with Gasteiger partial charge in [-0.25, -0.2) is 4.39 Å². The zero-order valence-electron chi connectivity index (χ0n) is 13.9. The zero-order chi connectivity index (χ0) is 18.7. The lowest BCUT2D eigenvalue weighted by Gasteiger charge is -2.11. The molecular formula is C18H16ClFN4O2. The molecule has 1 heterocycles. The van der Waals surface area contributed by atoms with E-state index in [-0.39, 0.29) is 12.2 Å². The summed E-state index contributed by atoms with van der Waals surface area (Å²) in [5.74, 6) is -0.852. The molecule has 1 aromatic heterocycles. The van der Waals surface area contributed by atoms with E-state index >= 15 is 0 Å². The van der Waals surface area contributed by atoms with Gasteiger partial charge < -0.3 is 10.4 Å². The van der Waals surface area contributed by atoms with E-state index in [0.29, 0.717) is 22.0 Å². The van der Waals surface area contributed by atoms with Gasteiger partial charge in [0.1, 0.15) is 5.82 Å². The minimum Gasteiger partial charge on any atom is -0.387 e. The summed E-state index contributed by atoms with van der Waals surface area (Å²) < 4.78 is 12.9. The van der Waals surface area contributed by atoms with Crippen molar-refractivity contribution in [3.05, 3.63) is 76.3 Å². The van der Waals surface area contributed by atoms with E-state index in [1.54, 1.807) is 31.2 Å². The van der Waals surface area contributed by atoms with E-state index in [2.05, 4.69) is 15.5 Å². The van der Waals surface area contributed by atoms with E-state index in [0.717, 1.165) is 0 Å². The van der Waals surface area contributed by atoms with Crippen molar-refractivity contribution in [3.8, 4) is 5.69 Å². The van der Waals surface area contributed by atoms with Gasteiger partial charge >= 0.3 is 0 Å². The number of carbonyl (C=O) groups excluding carboxylic acids is 1. The second kappa shape index (κ2) is 7.63. The Labute approximate surface area is 154 Å². The number of aliphatic hydroxyl groups is 1. The first-order valence-corrected chi connectivity index (χ1v) is 8.23. The number of rotatable bonds is 5. The van der Waals surface area contributed by atoms with E-state index in [1.165, 1.54) is 29.1 Å². The number of hydrogen-bond acceptors (Lipinski definition) is 4. The van der Waals surface area contributed by atoms with Crippen LogP contribution >= 0.6 is 11.6 Å². The molecular weight excluding hydrogens is 359 g/mol. The summed E-state index contributed by atoms with van der Waals surface area (Å²) in [6, 6.07) is 12.4. The molecule has 2 aromatic carbocycles. The second-order valence-corrected chi connectivity index (χ2v) is 6.12. The largest absolute Gasteiger partial charge is 0.387 e. The van der Waals surface area contributed by atoms with Crippen LogP contribution in [0.2, 0.25) is 5.02 Å². The normalized spacial score (nSPS) is 12.0. The number of nitrogens with zero attached hydrogens (tertiary/aromatic N) is 3. The SMILES string of the molecule is Cc1nn(-c2cccc(Cl)c2)nc1C(=O)NCC(O)c1ccc(F)cc1. The molecule has 1 unspecified atom stereocenters. The van der Waals surface area contributed by atoms with Gasteiger partial charge in [-0.15, -0.1) is 5.10 Å². The summed E-state index contributed by atoms with van der Waals surface area (Å²) in [6.45, 7) is 1.63. The van der Waals surface area contributed by atoms with Crippen LogP contribution in [-0.2, 0) is 0 Å². The first-order valence-electron chi connectivity index (χ1n) is 7.85. The molecule has 6 nitrogen and oxygen atoms in total. The lowest BCUT2D eigenvalue weighted by atomic mass is 10.1. The first-order chi connectivity index (χ1) is 12.4. The number of nitrogens with one attached hydrogen (secondary N) is 1. The molecule has 0 bridgehead atoms. The van der Waals surface area contributed by atoms with Crippen LogP contribution in [0.5, 0.6) is 0 Å². The minimum atomic E-state index is -0.956. The molecule has 1 atom stereocenters. The van der Waals surface area contributed by atoms with Crippen LogP contribution in [0.3, 0.4) is 0 Å². The maximum atomic E-state index is 12.9. The van der Waals surface area contributed by atoms with E-state index < -0.39 is 17.8 Å². The number of amides is 1. The number of aromatic nitrogens is 3. The van der Waals surface area contributed by atoms with Crippen molar-refractivity contribution in [3.63, 3.8) is 0 Å². The molecule has 2 N–H and O–H groups in total. The van der Waals surface area contributed by atoms with Crippen molar-refractivity contribution >= 4 is 17.5 Å². The predicted octanol–water partition coefficient (Wildman–Crippen LogP) is 2.83. The highest BCUT2D eigenvalue weighted by Gasteiger charge is 2.18. The third-order valence-electron chi connectivity index (χ3n) is 3.75. The molecule has 0 radical (unpaired) electrons. The summed E-state index contributed by atoms with van der Waals surface area (Å²) in [5, 5.41) is 21.6. The van der Waals surface area contributed by atoms with Crippen LogP contribution in [-0.4, -0.2) is 32.6 Å². The van der Waals surface area contributed by atoms with Gasteiger partial charge in [0, 0.05) is 11.6 Å². The topological polar surface area (TPSA) is 80.0 Å². The predicted molar refractivity (Wildman–Crippen MR) is 94.8 cm³/mol. The summed E-state index contributed by atoms with van der Waals surface area (Å²) in [7, 11) is 0. The molecule has 0 saturated carbocycles. The molecule has 0 aliphatic carbocycles. The molecule has 0 saturated heterocycles. The van der Waals surface area contributed by atoms with Gasteiger partial charge in [-0.1, -0.05) is 29.8 Å². The number of hydrogen-bond donors (Lipinski definition) is 2. The number of halogens is 2. The minimum absolute atomic E-state index is 0.0338. The van der Waals surface area contributed by atoms with Crippen molar-refractivity contribution in [1.29, 1.82) is 0 Å². The molecule has 3 rings (SSSR count). The first kappa shape index (κ1) is 18.0. The van der Waals surface area contributed by atoms with Gasteiger partial charge in [0.05, 0.1) is 17.5 Å². The highest BCUT2D eigenvalue weighted by molar-refractivity contribution is 6.30. The molecule has 0 spiro atoms. The van der Waals surface area contributed by atoms with Crippen molar-refractivity contribution in [2.75, 3.05) is 6.54 Å². The summed E-state index contributed by atoms with van der Waals surface area (Å²) in [4.78, 5) is 13.7. The number of aryl methyl sites for hydroxylation is 1. The lowest BCUT2D eigenvalue weighted by molar-refractivity contribution is 0.0910. The van der Waals surface area contributed by atoms with Gasteiger partial charge in [-0.2, -0.15) is 9.90 Å². The maximum absolute atomic E-state index is 12.9. The summed E-state index contributed by atoms with van der Waals surface area (Å²) >= 11 is 5.96. The van der Waals surface area contributed by atoms with Crippen LogP contribution < -0.4 is 5.32 Å². The average molecular weight is 375 g/mol. The van der Waals surface area contributed by atoms with Crippen LogP contribution in [0.4, 0.5) is 4.39 Å². The van der Waals surface area contributed by atoms with Gasteiger partial charge in [0.15, 0.2) is 5.69 Å².